The highest BCUT2D eigenvalue weighted by atomic mass is 19.1. The highest BCUT2D eigenvalue weighted by molar-refractivity contribution is 5.94. The molecule has 0 saturated carbocycles. The number of carbonyl (C=O) groups excluding carboxylic acids is 1. The van der Waals surface area contributed by atoms with Crippen LogP contribution in [0.15, 0.2) is 54.6 Å². The summed E-state index contributed by atoms with van der Waals surface area (Å²) in [6, 6.07) is 19.1. The smallest absolute Gasteiger partial charge is 0.234 e. The summed E-state index contributed by atoms with van der Waals surface area (Å²) in [6.45, 7) is 0. The first-order chi connectivity index (χ1) is 14.6. The number of carbonyl (C=O) groups is 1. The second kappa shape index (κ2) is 9.31. The summed E-state index contributed by atoms with van der Waals surface area (Å²) in [6.07, 6.45) is 0.663. The van der Waals surface area contributed by atoms with Crippen LogP contribution < -0.4 is 10.1 Å². The molecule has 1 N–H and O–H groups in total. The zero-order chi connectivity index (χ0) is 21.5. The molecule has 0 aliphatic heterocycles. The Morgan fingerprint density at radius 1 is 1.07 bits per heavy atom. The van der Waals surface area contributed by atoms with Crippen LogP contribution in [0.4, 0.5) is 10.2 Å². The fourth-order valence-corrected chi connectivity index (χ4v) is 3.04. The third-order valence-electron chi connectivity index (χ3n) is 4.47. The molecule has 0 fully saturated rings. The van der Waals surface area contributed by atoms with Gasteiger partial charge in [0.15, 0.2) is 5.82 Å². The van der Waals surface area contributed by atoms with Gasteiger partial charge in [-0.05, 0) is 18.1 Å². The molecule has 7 heteroatoms. The summed E-state index contributed by atoms with van der Waals surface area (Å²) in [4.78, 5) is 16.6. The lowest BCUT2D eigenvalue weighted by Gasteiger charge is -2.15. The van der Waals surface area contributed by atoms with Crippen LogP contribution in [0.3, 0.4) is 0 Å². The van der Waals surface area contributed by atoms with Crippen LogP contribution in [0.2, 0.25) is 0 Å². The van der Waals surface area contributed by atoms with Crippen LogP contribution in [-0.2, 0) is 11.2 Å². The first-order valence-corrected chi connectivity index (χ1v) is 9.10. The van der Waals surface area contributed by atoms with Crippen molar-refractivity contribution in [2.75, 3.05) is 12.4 Å². The molecule has 2 aromatic carbocycles. The van der Waals surface area contributed by atoms with E-state index in [1.165, 1.54) is 25.3 Å². The molecule has 1 amide bonds. The molecule has 0 saturated heterocycles. The van der Waals surface area contributed by atoms with Crippen LogP contribution in [0, 0.1) is 28.5 Å². The van der Waals surface area contributed by atoms with Crippen LogP contribution in [0.5, 0.6) is 5.88 Å². The van der Waals surface area contributed by atoms with E-state index in [2.05, 4.69) is 10.3 Å². The second-order valence-corrected chi connectivity index (χ2v) is 6.33. The maximum absolute atomic E-state index is 14.5. The summed E-state index contributed by atoms with van der Waals surface area (Å²) >= 11 is 0. The van der Waals surface area contributed by atoms with Gasteiger partial charge in [0.2, 0.25) is 11.8 Å². The maximum Gasteiger partial charge on any atom is 0.234 e. The number of hydrogen-bond acceptors (Lipinski definition) is 5. The minimum Gasteiger partial charge on any atom is -0.480 e. The fraction of sp³-hybridized carbons (Fsp3) is 0.130. The lowest BCUT2D eigenvalue weighted by Crippen LogP contribution is -2.16. The number of benzene rings is 2. The van der Waals surface area contributed by atoms with Gasteiger partial charge in [-0.3, -0.25) is 4.79 Å². The first kappa shape index (κ1) is 20.5. The number of anilines is 1. The van der Waals surface area contributed by atoms with Gasteiger partial charge in [-0.2, -0.15) is 15.5 Å². The van der Waals surface area contributed by atoms with E-state index in [-0.39, 0.29) is 46.3 Å². The van der Waals surface area contributed by atoms with E-state index in [1.807, 2.05) is 42.5 Å². The zero-order valence-corrected chi connectivity index (χ0v) is 16.1. The summed E-state index contributed by atoms with van der Waals surface area (Å²) in [5.41, 5.74) is 0.881. The number of nitrogens with one attached hydrogen (secondary N) is 1. The highest BCUT2D eigenvalue weighted by Crippen LogP contribution is 2.37. The van der Waals surface area contributed by atoms with E-state index in [9.17, 15) is 19.7 Å². The molecule has 0 aliphatic rings. The van der Waals surface area contributed by atoms with Crippen LogP contribution in [-0.4, -0.2) is 18.0 Å². The average molecular weight is 400 g/mol. The third-order valence-corrected chi connectivity index (χ3v) is 4.47. The Kier molecular flexibility index (Phi) is 6.36. The molecule has 0 radical (unpaired) electrons. The number of halogens is 1. The van der Waals surface area contributed by atoms with Gasteiger partial charge >= 0.3 is 0 Å². The maximum atomic E-state index is 14.5. The van der Waals surface area contributed by atoms with Gasteiger partial charge in [-0.25, -0.2) is 4.39 Å². The summed E-state index contributed by atoms with van der Waals surface area (Å²) in [7, 11) is 1.31. The zero-order valence-electron chi connectivity index (χ0n) is 16.1. The molecule has 0 aliphatic carbocycles. The molecule has 0 spiro atoms. The number of methoxy groups -OCH3 is 1. The Morgan fingerprint density at radius 3 is 2.37 bits per heavy atom. The summed E-state index contributed by atoms with van der Waals surface area (Å²) in [5.74, 6) is -1.16. The van der Waals surface area contributed by atoms with Crippen molar-refractivity contribution in [2.45, 2.75) is 12.8 Å². The van der Waals surface area contributed by atoms with Crippen molar-refractivity contribution in [3.05, 3.63) is 77.1 Å². The molecule has 0 unspecified atom stereocenters. The number of aryl methyl sites for hydroxylation is 1. The largest absolute Gasteiger partial charge is 0.480 e. The highest BCUT2D eigenvalue weighted by Gasteiger charge is 2.24. The summed E-state index contributed by atoms with van der Waals surface area (Å²) in [5, 5.41) is 21.9. The molecule has 148 valence electrons. The molecule has 30 heavy (non-hydrogen) atoms. The quantitative estimate of drug-likeness (QED) is 0.668. The minimum absolute atomic E-state index is 0.0308. The Labute approximate surface area is 173 Å². The predicted molar refractivity (Wildman–Crippen MR) is 109 cm³/mol. The topological polar surface area (TPSA) is 98.8 Å². The number of hydrogen-bond donors (Lipinski definition) is 1. The van der Waals surface area contributed by atoms with E-state index >= 15 is 0 Å². The van der Waals surface area contributed by atoms with Gasteiger partial charge in [0.1, 0.15) is 29.1 Å². The molecule has 3 aromatic rings. The van der Waals surface area contributed by atoms with E-state index in [4.69, 9.17) is 4.74 Å². The van der Waals surface area contributed by atoms with Crippen molar-refractivity contribution < 1.29 is 13.9 Å². The Morgan fingerprint density at radius 2 is 1.73 bits per heavy atom. The predicted octanol–water partition coefficient (Wildman–Crippen LogP) is 4.21. The van der Waals surface area contributed by atoms with Crippen molar-refractivity contribution in [3.8, 4) is 29.1 Å². The lowest BCUT2D eigenvalue weighted by molar-refractivity contribution is -0.116. The molecule has 0 bridgehead atoms. The third kappa shape index (κ3) is 4.26. The molecule has 6 nitrogen and oxygen atoms in total. The molecule has 1 heterocycles. The molecular weight excluding hydrogens is 383 g/mol. The van der Waals surface area contributed by atoms with Crippen LogP contribution in [0.1, 0.15) is 23.1 Å². The van der Waals surface area contributed by atoms with Gasteiger partial charge in [0, 0.05) is 17.5 Å². The molecular formula is C23H17FN4O2. The Balaban J connectivity index is 2.02. The van der Waals surface area contributed by atoms with E-state index < -0.39 is 5.82 Å². The number of nitriles is 2. The van der Waals surface area contributed by atoms with Gasteiger partial charge in [-0.15, -0.1) is 0 Å². The summed E-state index contributed by atoms with van der Waals surface area (Å²) < 4.78 is 19.7. The normalized spacial score (nSPS) is 10.0. The fourth-order valence-electron chi connectivity index (χ4n) is 3.04. The number of aromatic nitrogens is 1. The van der Waals surface area contributed by atoms with Crippen LogP contribution >= 0.6 is 0 Å². The van der Waals surface area contributed by atoms with Crippen molar-refractivity contribution >= 4 is 11.7 Å². The van der Waals surface area contributed by atoms with Crippen molar-refractivity contribution in [1.82, 2.24) is 4.98 Å². The number of amides is 1. The van der Waals surface area contributed by atoms with Gasteiger partial charge in [0.05, 0.1) is 7.11 Å². The van der Waals surface area contributed by atoms with Crippen molar-refractivity contribution in [1.29, 1.82) is 10.5 Å². The number of pyridine rings is 1. The molecule has 0 atom stereocenters. The first-order valence-electron chi connectivity index (χ1n) is 9.10. The monoisotopic (exact) mass is 400 g/mol. The average Bonchev–Trinajstić information content (AvgIpc) is 2.78. The number of nitrogens with zero attached hydrogens (tertiary/aromatic N) is 3. The van der Waals surface area contributed by atoms with Crippen LogP contribution in [0.25, 0.3) is 11.1 Å². The minimum atomic E-state index is -0.611. The van der Waals surface area contributed by atoms with Gasteiger partial charge < -0.3 is 10.1 Å². The van der Waals surface area contributed by atoms with E-state index in [0.29, 0.717) is 6.42 Å². The number of ether oxygens (including phenoxy) is 1. The number of rotatable bonds is 6. The molecule has 1 aromatic heterocycles. The molecule has 3 rings (SSSR count). The SMILES string of the molecule is COc1nc(NC(=O)CCc2ccccc2)c(C#N)c(-c2ccccc2F)c1C#N. The Bertz CT molecular complexity index is 1160. The van der Waals surface area contributed by atoms with Gasteiger partial charge in [0.25, 0.3) is 0 Å². The standard InChI is InChI=1S/C23H17FN4O2/c1-30-23-18(14-26)21(16-9-5-6-10-19(16)24)17(13-25)22(28-23)27-20(29)12-11-15-7-3-2-4-8-15/h2-10H,11-12H2,1H3,(H,27,28,29). The van der Waals surface area contributed by atoms with Crippen molar-refractivity contribution in [2.24, 2.45) is 0 Å². The Hall–Kier alpha value is -4.23. The van der Waals surface area contributed by atoms with Crippen molar-refractivity contribution in [3.63, 3.8) is 0 Å². The van der Waals surface area contributed by atoms with E-state index in [0.717, 1.165) is 5.56 Å². The lowest BCUT2D eigenvalue weighted by atomic mass is 9.96. The van der Waals surface area contributed by atoms with Gasteiger partial charge in [-0.1, -0.05) is 48.5 Å². The second-order valence-electron chi connectivity index (χ2n) is 6.33. The van der Waals surface area contributed by atoms with E-state index in [1.54, 1.807) is 6.07 Å².